The van der Waals surface area contributed by atoms with E-state index in [4.69, 9.17) is 0 Å². The first-order chi connectivity index (χ1) is 14.5. The van der Waals surface area contributed by atoms with Crippen molar-refractivity contribution in [1.82, 2.24) is 10.2 Å². The van der Waals surface area contributed by atoms with E-state index in [-0.39, 0.29) is 17.1 Å². The van der Waals surface area contributed by atoms with E-state index in [1.165, 1.54) is 10.8 Å². The molecule has 6 rings (SSSR count). The molecule has 0 amide bonds. The molecule has 2 aliphatic rings. The van der Waals surface area contributed by atoms with E-state index in [1.54, 1.807) is 0 Å². The zero-order valence-electron chi connectivity index (χ0n) is 17.1. The Bertz CT molecular complexity index is 1380. The van der Waals surface area contributed by atoms with Crippen molar-refractivity contribution in [2.24, 2.45) is 5.41 Å². The maximum atomic E-state index is 13.5. The lowest BCUT2D eigenvalue weighted by molar-refractivity contribution is -0.118. The van der Waals surface area contributed by atoms with E-state index in [1.807, 2.05) is 6.20 Å². The lowest BCUT2D eigenvalue weighted by Crippen LogP contribution is -2.33. The van der Waals surface area contributed by atoms with Crippen LogP contribution in [0.25, 0.3) is 21.7 Å². The molecule has 1 aliphatic carbocycles. The maximum Gasteiger partial charge on any atom is 0.162 e. The van der Waals surface area contributed by atoms with Gasteiger partial charge in [0.1, 0.15) is 0 Å². The Morgan fingerprint density at radius 3 is 2.70 bits per heavy atom. The highest BCUT2D eigenvalue weighted by Gasteiger charge is 2.41. The van der Waals surface area contributed by atoms with Gasteiger partial charge in [-0.3, -0.25) is 9.89 Å². The number of carbonyl (C=O) groups excluding carboxylic acids is 1. The molecule has 3 aromatic carbocycles. The second kappa shape index (κ2) is 6.05. The molecule has 148 valence electrons. The maximum absolute atomic E-state index is 13.5. The highest BCUT2D eigenvalue weighted by molar-refractivity contribution is 6.04. The molecule has 1 atom stereocenters. The van der Waals surface area contributed by atoms with Gasteiger partial charge in [0.05, 0.1) is 11.7 Å². The Kier molecular flexibility index (Phi) is 3.52. The number of nitrogens with one attached hydrogen (secondary N) is 2. The fourth-order valence-electron chi connectivity index (χ4n) is 5.27. The highest BCUT2D eigenvalue weighted by atomic mass is 16.1. The van der Waals surface area contributed by atoms with E-state index in [9.17, 15) is 4.79 Å². The third kappa shape index (κ3) is 2.53. The van der Waals surface area contributed by atoms with Crippen LogP contribution in [0, 0.1) is 5.41 Å². The molecule has 0 spiro atoms. The number of rotatable bonds is 1. The topological polar surface area (TPSA) is 57.8 Å². The lowest BCUT2D eigenvalue weighted by atomic mass is 9.68. The standard InChI is InChI=1S/C26H23N3O/c1-26(2)12-21-25(22(30)13-26)23(17-8-7-15-5-3-4-6-16(15)11-17)24-18-14-27-29-19(18)9-10-20(24)28-21/h3-11,14,23,28H,12-13H2,1-2H3,(H,27,29). The normalized spacial score (nSPS) is 20.2. The predicted octanol–water partition coefficient (Wildman–Crippen LogP) is 5.92. The Morgan fingerprint density at radius 1 is 1.00 bits per heavy atom. The molecule has 1 aromatic heterocycles. The number of benzene rings is 3. The quantitative estimate of drug-likeness (QED) is 0.422. The number of Topliss-reactive ketones (excluding diaryl/α,β-unsaturated/α-hetero) is 1. The van der Waals surface area contributed by atoms with Gasteiger partial charge >= 0.3 is 0 Å². The van der Waals surface area contributed by atoms with Crippen molar-refractivity contribution in [2.75, 3.05) is 5.32 Å². The molecule has 2 N–H and O–H groups in total. The number of nitrogens with zero attached hydrogens (tertiary/aromatic N) is 1. The van der Waals surface area contributed by atoms with Gasteiger partial charge in [-0.15, -0.1) is 0 Å². The fourth-order valence-corrected chi connectivity index (χ4v) is 5.27. The molecule has 2 heterocycles. The van der Waals surface area contributed by atoms with Gasteiger partial charge in [0.15, 0.2) is 5.78 Å². The Morgan fingerprint density at radius 2 is 1.83 bits per heavy atom. The third-order valence-electron chi connectivity index (χ3n) is 6.56. The molecule has 0 radical (unpaired) electrons. The van der Waals surface area contributed by atoms with Crippen LogP contribution < -0.4 is 5.32 Å². The van der Waals surface area contributed by atoms with Crippen molar-refractivity contribution < 1.29 is 4.79 Å². The monoisotopic (exact) mass is 393 g/mol. The van der Waals surface area contributed by atoms with Crippen molar-refractivity contribution in [3.05, 3.63) is 83.2 Å². The zero-order valence-corrected chi connectivity index (χ0v) is 17.1. The van der Waals surface area contributed by atoms with Crippen LogP contribution in [0.4, 0.5) is 5.69 Å². The molecule has 1 unspecified atom stereocenters. The minimum absolute atomic E-state index is 0.0336. The minimum atomic E-state index is -0.0919. The first-order valence-electron chi connectivity index (χ1n) is 10.5. The van der Waals surface area contributed by atoms with Crippen molar-refractivity contribution in [3.63, 3.8) is 0 Å². The minimum Gasteiger partial charge on any atom is -0.358 e. The Labute approximate surface area is 175 Å². The zero-order chi connectivity index (χ0) is 20.5. The molecular formula is C26H23N3O. The van der Waals surface area contributed by atoms with Gasteiger partial charge in [-0.25, -0.2) is 0 Å². The first-order valence-corrected chi connectivity index (χ1v) is 10.5. The smallest absolute Gasteiger partial charge is 0.162 e. The highest BCUT2D eigenvalue weighted by Crippen LogP contribution is 2.50. The van der Waals surface area contributed by atoms with Crippen LogP contribution in [0.15, 0.2) is 72.1 Å². The third-order valence-corrected chi connectivity index (χ3v) is 6.56. The molecule has 0 saturated heterocycles. The van der Waals surface area contributed by atoms with Crippen molar-refractivity contribution in [3.8, 4) is 0 Å². The van der Waals surface area contributed by atoms with E-state index in [0.717, 1.165) is 45.4 Å². The van der Waals surface area contributed by atoms with Crippen molar-refractivity contribution >= 4 is 33.1 Å². The number of hydrogen-bond donors (Lipinski definition) is 2. The van der Waals surface area contributed by atoms with E-state index in [2.05, 4.69) is 84.0 Å². The number of aromatic amines is 1. The SMILES string of the molecule is CC1(C)CC(=O)C2=C(C1)Nc1ccc3[nH]ncc3c1C2c1ccc2ccccc2c1. The Balaban J connectivity index is 1.65. The second-order valence-electron chi connectivity index (χ2n) is 9.36. The summed E-state index contributed by atoms with van der Waals surface area (Å²) < 4.78 is 0. The van der Waals surface area contributed by atoms with Crippen LogP contribution in [0.5, 0.6) is 0 Å². The molecular weight excluding hydrogens is 370 g/mol. The second-order valence-corrected chi connectivity index (χ2v) is 9.36. The number of anilines is 1. The van der Waals surface area contributed by atoms with Gasteiger partial charge in [-0.05, 0) is 45.9 Å². The summed E-state index contributed by atoms with van der Waals surface area (Å²) in [4.78, 5) is 13.5. The number of aromatic nitrogens is 2. The number of carbonyl (C=O) groups is 1. The molecule has 1 aliphatic heterocycles. The average Bonchev–Trinajstić information content (AvgIpc) is 3.20. The van der Waals surface area contributed by atoms with Gasteiger partial charge in [-0.2, -0.15) is 5.10 Å². The molecule has 30 heavy (non-hydrogen) atoms. The molecule has 0 saturated carbocycles. The van der Waals surface area contributed by atoms with E-state index >= 15 is 0 Å². The molecule has 4 nitrogen and oxygen atoms in total. The van der Waals surface area contributed by atoms with E-state index in [0.29, 0.717) is 6.42 Å². The van der Waals surface area contributed by atoms with Crippen molar-refractivity contribution in [1.29, 1.82) is 0 Å². The summed E-state index contributed by atoms with van der Waals surface area (Å²) in [5.41, 5.74) is 6.33. The summed E-state index contributed by atoms with van der Waals surface area (Å²) >= 11 is 0. The summed E-state index contributed by atoms with van der Waals surface area (Å²) in [6, 6.07) is 19.2. The summed E-state index contributed by atoms with van der Waals surface area (Å²) in [5, 5.41) is 14.5. The summed E-state index contributed by atoms with van der Waals surface area (Å²) in [7, 11) is 0. The van der Waals surface area contributed by atoms with Crippen LogP contribution in [-0.4, -0.2) is 16.0 Å². The predicted molar refractivity (Wildman–Crippen MR) is 121 cm³/mol. The molecule has 4 heteroatoms. The van der Waals surface area contributed by atoms with Crippen LogP contribution in [0.3, 0.4) is 0 Å². The van der Waals surface area contributed by atoms with Crippen LogP contribution in [-0.2, 0) is 4.79 Å². The van der Waals surface area contributed by atoms with Gasteiger partial charge in [0.25, 0.3) is 0 Å². The van der Waals surface area contributed by atoms with Gasteiger partial charge in [0, 0.05) is 34.7 Å². The number of allylic oxidation sites excluding steroid dienone is 2. The molecule has 4 aromatic rings. The van der Waals surface area contributed by atoms with Crippen LogP contribution >= 0.6 is 0 Å². The number of H-pyrrole nitrogens is 1. The van der Waals surface area contributed by atoms with Gasteiger partial charge in [-0.1, -0.05) is 56.3 Å². The summed E-state index contributed by atoms with van der Waals surface area (Å²) in [6.45, 7) is 4.35. The van der Waals surface area contributed by atoms with Crippen LogP contribution in [0.2, 0.25) is 0 Å². The van der Waals surface area contributed by atoms with Gasteiger partial charge < -0.3 is 5.32 Å². The van der Waals surface area contributed by atoms with Crippen LogP contribution in [0.1, 0.15) is 43.7 Å². The fraction of sp³-hybridized carbons (Fsp3) is 0.231. The number of hydrogen-bond acceptors (Lipinski definition) is 3. The largest absolute Gasteiger partial charge is 0.358 e. The van der Waals surface area contributed by atoms with E-state index < -0.39 is 0 Å². The number of ketones is 1. The summed E-state index contributed by atoms with van der Waals surface area (Å²) in [5.74, 6) is 0.156. The van der Waals surface area contributed by atoms with Crippen molar-refractivity contribution in [2.45, 2.75) is 32.6 Å². The molecule has 0 fully saturated rings. The average molecular weight is 393 g/mol. The summed E-state index contributed by atoms with van der Waals surface area (Å²) in [6.07, 6.45) is 3.34. The van der Waals surface area contributed by atoms with Gasteiger partial charge in [0.2, 0.25) is 0 Å². The first kappa shape index (κ1) is 17.5. The number of fused-ring (bicyclic) bond motifs is 4. The Hall–Kier alpha value is -3.40. The lowest BCUT2D eigenvalue weighted by Gasteiger charge is -2.39. The molecule has 0 bridgehead atoms.